The van der Waals surface area contributed by atoms with Gasteiger partial charge in [-0.3, -0.25) is 0 Å². The zero-order chi connectivity index (χ0) is 13.8. The average molecular weight is 280 g/mol. The molecule has 0 saturated carbocycles. The van der Waals surface area contributed by atoms with Crippen molar-refractivity contribution in [1.29, 1.82) is 5.26 Å². The molecule has 19 heavy (non-hydrogen) atoms. The molecule has 0 spiro atoms. The summed E-state index contributed by atoms with van der Waals surface area (Å²) in [5, 5.41) is 9.68. The van der Waals surface area contributed by atoms with Crippen LogP contribution in [0.2, 0.25) is 5.02 Å². The van der Waals surface area contributed by atoms with E-state index >= 15 is 0 Å². The van der Waals surface area contributed by atoms with Crippen LogP contribution in [0.25, 0.3) is 0 Å². The second-order valence-corrected chi connectivity index (χ2v) is 4.65. The molecule has 0 aliphatic carbocycles. The van der Waals surface area contributed by atoms with Gasteiger partial charge >= 0.3 is 6.09 Å². The van der Waals surface area contributed by atoms with Crippen LogP contribution >= 0.6 is 11.6 Å². The van der Waals surface area contributed by atoms with Gasteiger partial charge in [0, 0.05) is 31.2 Å². The number of nitriles is 1. The van der Waals surface area contributed by atoms with Gasteiger partial charge in [0.25, 0.3) is 0 Å². The summed E-state index contributed by atoms with van der Waals surface area (Å²) >= 11 is 5.88. The number of amides is 1. The normalized spacial score (nSPS) is 15.0. The third-order valence-electron chi connectivity index (χ3n) is 3.13. The topological polar surface area (TPSA) is 56.6 Å². The Kier molecular flexibility index (Phi) is 4.13. The van der Waals surface area contributed by atoms with Crippen LogP contribution in [-0.2, 0) is 4.74 Å². The van der Waals surface area contributed by atoms with E-state index in [1.54, 1.807) is 17.0 Å². The van der Waals surface area contributed by atoms with Crippen LogP contribution < -0.4 is 4.90 Å². The first-order valence-electron chi connectivity index (χ1n) is 5.93. The van der Waals surface area contributed by atoms with Crippen molar-refractivity contribution >= 4 is 23.4 Å². The summed E-state index contributed by atoms with van der Waals surface area (Å²) < 4.78 is 4.69. The summed E-state index contributed by atoms with van der Waals surface area (Å²) in [7, 11) is 1.38. The Morgan fingerprint density at radius 1 is 1.37 bits per heavy atom. The lowest BCUT2D eigenvalue weighted by molar-refractivity contribution is 0.121. The van der Waals surface area contributed by atoms with E-state index in [0.29, 0.717) is 36.8 Å². The van der Waals surface area contributed by atoms with E-state index in [1.807, 2.05) is 6.07 Å². The van der Waals surface area contributed by atoms with Crippen LogP contribution in [0, 0.1) is 11.3 Å². The number of ether oxygens (including phenoxy) is 1. The fourth-order valence-electron chi connectivity index (χ4n) is 2.13. The van der Waals surface area contributed by atoms with Crippen molar-refractivity contribution in [3.05, 3.63) is 28.8 Å². The Hall–Kier alpha value is -1.93. The summed E-state index contributed by atoms with van der Waals surface area (Å²) in [6.07, 6.45) is -0.309. The van der Waals surface area contributed by atoms with E-state index in [4.69, 9.17) is 16.9 Å². The number of anilines is 1. The molecule has 0 N–H and O–H groups in total. The number of nitrogens with zero attached hydrogens (tertiary/aromatic N) is 3. The zero-order valence-corrected chi connectivity index (χ0v) is 11.4. The fourth-order valence-corrected chi connectivity index (χ4v) is 2.30. The number of halogens is 1. The van der Waals surface area contributed by atoms with Gasteiger partial charge in [0.2, 0.25) is 0 Å². The largest absolute Gasteiger partial charge is 0.453 e. The monoisotopic (exact) mass is 279 g/mol. The second kappa shape index (κ2) is 5.81. The third-order valence-corrected chi connectivity index (χ3v) is 3.37. The van der Waals surface area contributed by atoms with Crippen LogP contribution in [0.4, 0.5) is 10.5 Å². The van der Waals surface area contributed by atoms with Crippen LogP contribution in [0.1, 0.15) is 5.56 Å². The van der Waals surface area contributed by atoms with Crippen molar-refractivity contribution in [2.45, 2.75) is 0 Å². The Labute approximate surface area is 116 Å². The predicted molar refractivity (Wildman–Crippen MR) is 72.4 cm³/mol. The van der Waals surface area contributed by atoms with Gasteiger partial charge in [0.1, 0.15) is 6.07 Å². The van der Waals surface area contributed by atoms with Gasteiger partial charge in [-0.25, -0.2) is 4.79 Å². The fraction of sp³-hybridized carbons (Fsp3) is 0.385. The maximum atomic E-state index is 11.4. The molecule has 1 heterocycles. The van der Waals surface area contributed by atoms with Crippen LogP contribution in [0.15, 0.2) is 18.2 Å². The number of methoxy groups -OCH3 is 1. The molecule has 1 amide bonds. The average Bonchev–Trinajstić information content (AvgIpc) is 2.46. The number of carbonyl (C=O) groups excluding carboxylic acids is 1. The summed E-state index contributed by atoms with van der Waals surface area (Å²) in [6, 6.07) is 7.41. The van der Waals surface area contributed by atoms with E-state index in [0.717, 1.165) is 5.69 Å². The predicted octanol–water partition coefficient (Wildman–Crippen LogP) is 2.10. The van der Waals surface area contributed by atoms with Crippen molar-refractivity contribution in [1.82, 2.24) is 4.90 Å². The molecule has 1 aliphatic rings. The summed E-state index contributed by atoms with van der Waals surface area (Å²) in [4.78, 5) is 15.1. The molecule has 1 aromatic carbocycles. The molecule has 0 bridgehead atoms. The standard InChI is InChI=1S/C13H14ClN3O2/c1-19-13(18)17-6-4-16(5-7-17)12-3-2-11(14)8-10(12)9-15/h2-3,8H,4-7H2,1H3. The number of hydrogen-bond donors (Lipinski definition) is 0. The van der Waals surface area contributed by atoms with Gasteiger partial charge in [-0.15, -0.1) is 0 Å². The molecule has 5 nitrogen and oxygen atoms in total. The Bertz CT molecular complexity index is 519. The highest BCUT2D eigenvalue weighted by atomic mass is 35.5. The van der Waals surface area contributed by atoms with E-state index in [2.05, 4.69) is 15.7 Å². The van der Waals surface area contributed by atoms with Gasteiger partial charge in [-0.1, -0.05) is 11.6 Å². The minimum Gasteiger partial charge on any atom is -0.453 e. The molecule has 0 unspecified atom stereocenters. The molecular weight excluding hydrogens is 266 g/mol. The Balaban J connectivity index is 2.10. The highest BCUT2D eigenvalue weighted by molar-refractivity contribution is 6.30. The number of rotatable bonds is 1. The molecule has 0 aromatic heterocycles. The lowest BCUT2D eigenvalue weighted by Gasteiger charge is -2.35. The molecular formula is C13H14ClN3O2. The van der Waals surface area contributed by atoms with Crippen molar-refractivity contribution in [2.75, 3.05) is 38.2 Å². The minimum absolute atomic E-state index is 0.309. The summed E-state index contributed by atoms with van der Waals surface area (Å²) in [5.41, 5.74) is 1.41. The molecule has 2 rings (SSSR count). The van der Waals surface area contributed by atoms with Crippen molar-refractivity contribution < 1.29 is 9.53 Å². The van der Waals surface area contributed by atoms with Gasteiger partial charge < -0.3 is 14.5 Å². The lowest BCUT2D eigenvalue weighted by Crippen LogP contribution is -2.48. The quantitative estimate of drug-likeness (QED) is 0.790. The first-order valence-corrected chi connectivity index (χ1v) is 6.31. The lowest BCUT2D eigenvalue weighted by atomic mass is 10.1. The number of carbonyl (C=O) groups is 1. The molecule has 1 saturated heterocycles. The first kappa shape index (κ1) is 13.5. The van der Waals surface area contributed by atoms with Gasteiger partial charge in [0.05, 0.1) is 18.4 Å². The molecule has 0 atom stereocenters. The van der Waals surface area contributed by atoms with Gasteiger partial charge in [-0.05, 0) is 18.2 Å². The zero-order valence-electron chi connectivity index (χ0n) is 10.6. The number of piperazine rings is 1. The summed E-state index contributed by atoms with van der Waals surface area (Å²) in [5.74, 6) is 0. The minimum atomic E-state index is -0.309. The highest BCUT2D eigenvalue weighted by Gasteiger charge is 2.22. The smallest absolute Gasteiger partial charge is 0.409 e. The molecule has 1 fully saturated rings. The SMILES string of the molecule is COC(=O)N1CCN(c2ccc(Cl)cc2C#N)CC1. The van der Waals surface area contributed by atoms with Crippen molar-refractivity contribution in [3.63, 3.8) is 0 Å². The van der Waals surface area contributed by atoms with E-state index in [1.165, 1.54) is 7.11 Å². The van der Waals surface area contributed by atoms with Crippen LogP contribution in [0.3, 0.4) is 0 Å². The van der Waals surface area contributed by atoms with Crippen molar-refractivity contribution in [2.24, 2.45) is 0 Å². The highest BCUT2D eigenvalue weighted by Crippen LogP contribution is 2.24. The van der Waals surface area contributed by atoms with Crippen LogP contribution in [0.5, 0.6) is 0 Å². The second-order valence-electron chi connectivity index (χ2n) is 4.22. The summed E-state index contributed by atoms with van der Waals surface area (Å²) in [6.45, 7) is 2.51. The maximum absolute atomic E-state index is 11.4. The third kappa shape index (κ3) is 2.91. The Morgan fingerprint density at radius 3 is 2.63 bits per heavy atom. The van der Waals surface area contributed by atoms with Gasteiger partial charge in [0.15, 0.2) is 0 Å². The number of benzene rings is 1. The number of hydrogen-bond acceptors (Lipinski definition) is 4. The molecule has 100 valence electrons. The van der Waals surface area contributed by atoms with Gasteiger partial charge in [-0.2, -0.15) is 5.26 Å². The molecule has 1 aliphatic heterocycles. The van der Waals surface area contributed by atoms with E-state index < -0.39 is 0 Å². The molecule has 0 radical (unpaired) electrons. The van der Waals surface area contributed by atoms with E-state index in [-0.39, 0.29) is 6.09 Å². The van der Waals surface area contributed by atoms with E-state index in [9.17, 15) is 4.79 Å². The van der Waals surface area contributed by atoms with Crippen LogP contribution in [-0.4, -0.2) is 44.3 Å². The Morgan fingerprint density at radius 2 is 2.05 bits per heavy atom. The molecule has 1 aromatic rings. The van der Waals surface area contributed by atoms with Crippen molar-refractivity contribution in [3.8, 4) is 6.07 Å². The molecule has 6 heteroatoms. The maximum Gasteiger partial charge on any atom is 0.409 e. The first-order chi connectivity index (χ1) is 9.15.